The highest BCUT2D eigenvalue weighted by Gasteiger charge is 2.02. The number of aromatic nitrogens is 1. The van der Waals surface area contributed by atoms with Gasteiger partial charge in [-0.3, -0.25) is 0 Å². The molecule has 21 heavy (non-hydrogen) atoms. The Bertz CT molecular complexity index is 772. The first-order valence-electron chi connectivity index (χ1n) is 6.67. The van der Waals surface area contributed by atoms with Crippen LogP contribution in [0.4, 0.5) is 0 Å². The van der Waals surface area contributed by atoms with E-state index < -0.39 is 0 Å². The van der Waals surface area contributed by atoms with Crippen LogP contribution in [0.1, 0.15) is 16.1 Å². The van der Waals surface area contributed by atoms with Gasteiger partial charge in [0.2, 0.25) is 0 Å². The van der Waals surface area contributed by atoms with Crippen molar-refractivity contribution in [2.75, 3.05) is 0 Å². The van der Waals surface area contributed by atoms with Crippen molar-refractivity contribution in [3.63, 3.8) is 0 Å². The first-order valence-corrected chi connectivity index (χ1v) is 7.93. The Morgan fingerprint density at radius 2 is 1.86 bits per heavy atom. The molecule has 0 atom stereocenters. The molecule has 1 nitrogen and oxygen atoms in total. The van der Waals surface area contributed by atoms with Crippen LogP contribution in [0.15, 0.2) is 53.9 Å². The molecule has 2 aromatic carbocycles. The molecule has 0 aliphatic heterocycles. The van der Waals surface area contributed by atoms with Gasteiger partial charge in [-0.05, 0) is 30.7 Å². The van der Waals surface area contributed by atoms with Crippen molar-refractivity contribution in [3.05, 3.63) is 75.1 Å². The van der Waals surface area contributed by atoms with E-state index in [2.05, 4.69) is 53.7 Å². The maximum absolute atomic E-state index is 5.91. The van der Waals surface area contributed by atoms with Gasteiger partial charge in [0, 0.05) is 16.0 Å². The molecule has 0 aliphatic rings. The third-order valence-corrected chi connectivity index (χ3v) is 4.18. The van der Waals surface area contributed by atoms with Crippen molar-refractivity contribution in [1.29, 1.82) is 0 Å². The van der Waals surface area contributed by atoms with E-state index in [4.69, 9.17) is 11.6 Å². The topological polar surface area (TPSA) is 12.9 Å². The first kappa shape index (κ1) is 14.1. The standard InChI is InChI=1S/C18H14ClNS/c1-13-3-2-4-14(11-13)5-10-18-20-17(12-21-18)15-6-8-16(19)9-7-15/h2-12H,1H3/b10-5+. The molecule has 0 saturated heterocycles. The number of hydrogen-bond donors (Lipinski definition) is 0. The molecule has 0 saturated carbocycles. The van der Waals surface area contributed by atoms with Crippen molar-refractivity contribution in [2.24, 2.45) is 0 Å². The summed E-state index contributed by atoms with van der Waals surface area (Å²) in [6, 6.07) is 16.2. The van der Waals surface area contributed by atoms with E-state index in [0.717, 1.165) is 21.3 Å². The largest absolute Gasteiger partial charge is 0.237 e. The molecule has 0 radical (unpaired) electrons. The van der Waals surface area contributed by atoms with E-state index in [1.54, 1.807) is 11.3 Å². The Morgan fingerprint density at radius 1 is 1.05 bits per heavy atom. The zero-order valence-electron chi connectivity index (χ0n) is 11.6. The summed E-state index contributed by atoms with van der Waals surface area (Å²) >= 11 is 7.55. The van der Waals surface area contributed by atoms with Crippen LogP contribution < -0.4 is 0 Å². The summed E-state index contributed by atoms with van der Waals surface area (Å²) in [4.78, 5) is 4.64. The third kappa shape index (κ3) is 3.60. The normalized spacial score (nSPS) is 11.1. The van der Waals surface area contributed by atoms with E-state index in [-0.39, 0.29) is 0 Å². The summed E-state index contributed by atoms with van der Waals surface area (Å²) in [7, 11) is 0. The highest BCUT2D eigenvalue weighted by atomic mass is 35.5. The van der Waals surface area contributed by atoms with E-state index in [9.17, 15) is 0 Å². The smallest absolute Gasteiger partial charge is 0.116 e. The second-order valence-corrected chi connectivity index (χ2v) is 6.15. The SMILES string of the molecule is Cc1cccc(/C=C/c2nc(-c3ccc(Cl)cc3)cs2)c1. The fourth-order valence-electron chi connectivity index (χ4n) is 2.06. The van der Waals surface area contributed by atoms with Gasteiger partial charge in [-0.25, -0.2) is 4.98 Å². The zero-order chi connectivity index (χ0) is 14.7. The maximum atomic E-state index is 5.91. The van der Waals surface area contributed by atoms with Gasteiger partial charge in [-0.2, -0.15) is 0 Å². The number of aryl methyl sites for hydroxylation is 1. The summed E-state index contributed by atoms with van der Waals surface area (Å²) < 4.78 is 0. The monoisotopic (exact) mass is 311 g/mol. The Kier molecular flexibility index (Phi) is 4.18. The van der Waals surface area contributed by atoms with Crippen LogP contribution >= 0.6 is 22.9 Å². The number of benzene rings is 2. The lowest BCUT2D eigenvalue weighted by Crippen LogP contribution is -1.78. The number of hydrogen-bond acceptors (Lipinski definition) is 2. The van der Waals surface area contributed by atoms with Crippen LogP contribution in [-0.2, 0) is 0 Å². The Hall–Kier alpha value is -1.90. The summed E-state index contributed by atoms with van der Waals surface area (Å²) in [5.41, 5.74) is 4.53. The van der Waals surface area contributed by atoms with E-state index in [0.29, 0.717) is 0 Å². The second-order valence-electron chi connectivity index (χ2n) is 4.83. The van der Waals surface area contributed by atoms with Gasteiger partial charge in [0.15, 0.2) is 0 Å². The predicted octanol–water partition coefficient (Wildman–Crippen LogP) is 5.94. The molecule has 0 amide bonds. The van der Waals surface area contributed by atoms with Gasteiger partial charge >= 0.3 is 0 Å². The number of halogens is 1. The average Bonchev–Trinajstić information content (AvgIpc) is 2.95. The van der Waals surface area contributed by atoms with Crippen LogP contribution in [0.5, 0.6) is 0 Å². The highest BCUT2D eigenvalue weighted by molar-refractivity contribution is 7.10. The maximum Gasteiger partial charge on any atom is 0.116 e. The quantitative estimate of drug-likeness (QED) is 0.583. The van der Waals surface area contributed by atoms with Gasteiger partial charge < -0.3 is 0 Å². The lowest BCUT2D eigenvalue weighted by atomic mass is 10.1. The molecular formula is C18H14ClNS. The van der Waals surface area contributed by atoms with E-state index in [1.807, 2.05) is 24.3 Å². The lowest BCUT2D eigenvalue weighted by molar-refractivity contribution is 1.38. The molecule has 1 aromatic heterocycles. The molecule has 0 spiro atoms. The first-order chi connectivity index (χ1) is 10.2. The van der Waals surface area contributed by atoms with Gasteiger partial charge in [-0.1, -0.05) is 59.6 Å². The van der Waals surface area contributed by atoms with Crippen molar-refractivity contribution in [3.8, 4) is 11.3 Å². The third-order valence-electron chi connectivity index (χ3n) is 3.12. The number of rotatable bonds is 3. The molecule has 3 heteroatoms. The van der Waals surface area contributed by atoms with Gasteiger partial charge in [0.05, 0.1) is 5.69 Å². The average molecular weight is 312 g/mol. The van der Waals surface area contributed by atoms with Gasteiger partial charge in [0.25, 0.3) is 0 Å². The number of nitrogens with zero attached hydrogens (tertiary/aromatic N) is 1. The summed E-state index contributed by atoms with van der Waals surface area (Å²) in [5, 5.41) is 3.81. The van der Waals surface area contributed by atoms with Crippen molar-refractivity contribution < 1.29 is 0 Å². The van der Waals surface area contributed by atoms with Crippen LogP contribution in [0.3, 0.4) is 0 Å². The fraction of sp³-hybridized carbons (Fsp3) is 0.0556. The van der Waals surface area contributed by atoms with Gasteiger partial charge in [-0.15, -0.1) is 11.3 Å². The molecule has 0 unspecified atom stereocenters. The Labute approximate surface area is 133 Å². The molecule has 0 bridgehead atoms. The van der Waals surface area contributed by atoms with Gasteiger partial charge in [0.1, 0.15) is 5.01 Å². The molecule has 0 aliphatic carbocycles. The van der Waals surface area contributed by atoms with Crippen LogP contribution in [0.25, 0.3) is 23.4 Å². The number of thiazole rings is 1. The summed E-state index contributed by atoms with van der Waals surface area (Å²) in [5.74, 6) is 0. The fourth-order valence-corrected chi connectivity index (χ4v) is 2.90. The van der Waals surface area contributed by atoms with Crippen LogP contribution in [0, 0.1) is 6.92 Å². The minimum atomic E-state index is 0.744. The molecule has 3 aromatic rings. The van der Waals surface area contributed by atoms with E-state index in [1.165, 1.54) is 11.1 Å². The Balaban J connectivity index is 1.80. The lowest BCUT2D eigenvalue weighted by Gasteiger charge is -1.96. The minimum Gasteiger partial charge on any atom is -0.237 e. The molecule has 0 fully saturated rings. The molecule has 1 heterocycles. The van der Waals surface area contributed by atoms with Crippen molar-refractivity contribution in [2.45, 2.75) is 6.92 Å². The second kappa shape index (κ2) is 6.25. The van der Waals surface area contributed by atoms with Crippen LogP contribution in [0.2, 0.25) is 5.02 Å². The van der Waals surface area contributed by atoms with Crippen LogP contribution in [-0.4, -0.2) is 4.98 Å². The predicted molar refractivity (Wildman–Crippen MR) is 92.7 cm³/mol. The van der Waals surface area contributed by atoms with Crippen molar-refractivity contribution in [1.82, 2.24) is 4.98 Å². The molecular weight excluding hydrogens is 298 g/mol. The summed E-state index contributed by atoms with van der Waals surface area (Å²) in [6.45, 7) is 2.10. The molecule has 104 valence electrons. The minimum absolute atomic E-state index is 0.744. The Morgan fingerprint density at radius 3 is 2.62 bits per heavy atom. The molecule has 0 N–H and O–H groups in total. The van der Waals surface area contributed by atoms with Crippen molar-refractivity contribution >= 4 is 35.1 Å². The van der Waals surface area contributed by atoms with E-state index >= 15 is 0 Å². The highest BCUT2D eigenvalue weighted by Crippen LogP contribution is 2.24. The summed E-state index contributed by atoms with van der Waals surface area (Å²) in [6.07, 6.45) is 4.15. The molecule has 3 rings (SSSR count). The zero-order valence-corrected chi connectivity index (χ0v) is 13.2.